The number of nitrogen functional groups attached to an aromatic ring is 2. The first-order valence-electron chi connectivity index (χ1n) is 6.97. The van der Waals surface area contributed by atoms with Crippen LogP contribution in [-0.2, 0) is 0 Å². The monoisotopic (exact) mass is 286 g/mol. The maximum absolute atomic E-state index is 5.88. The standard InChI is InChI=1S/C17H22N2O2/c1-4-13(11-5-7-14(18)16(9-11)20-2)12-6-8-15(19)17(10-12)21-3/h5-10,13H,4,18-19H2,1-3H3. The summed E-state index contributed by atoms with van der Waals surface area (Å²) in [5.41, 5.74) is 15.4. The number of hydrogen-bond acceptors (Lipinski definition) is 4. The smallest absolute Gasteiger partial charge is 0.142 e. The van der Waals surface area contributed by atoms with Crippen LogP contribution < -0.4 is 20.9 Å². The molecule has 4 heteroatoms. The Bertz CT molecular complexity index is 573. The van der Waals surface area contributed by atoms with E-state index in [1.54, 1.807) is 14.2 Å². The molecule has 2 aromatic rings. The molecule has 0 aromatic heterocycles. The third kappa shape index (κ3) is 3.05. The number of methoxy groups -OCH3 is 2. The van der Waals surface area contributed by atoms with E-state index in [4.69, 9.17) is 20.9 Å². The van der Waals surface area contributed by atoms with Crippen LogP contribution in [0.4, 0.5) is 11.4 Å². The van der Waals surface area contributed by atoms with Gasteiger partial charge in [-0.25, -0.2) is 0 Å². The molecular weight excluding hydrogens is 264 g/mol. The van der Waals surface area contributed by atoms with E-state index in [0.717, 1.165) is 17.5 Å². The normalized spacial score (nSPS) is 10.7. The minimum Gasteiger partial charge on any atom is -0.495 e. The second kappa shape index (κ2) is 6.39. The summed E-state index contributed by atoms with van der Waals surface area (Å²) in [7, 11) is 3.26. The van der Waals surface area contributed by atoms with Crippen LogP contribution in [0.25, 0.3) is 0 Å². The van der Waals surface area contributed by atoms with Crippen LogP contribution in [0.2, 0.25) is 0 Å². The van der Waals surface area contributed by atoms with Crippen LogP contribution in [0, 0.1) is 0 Å². The van der Waals surface area contributed by atoms with Crippen LogP contribution in [0.15, 0.2) is 36.4 Å². The summed E-state index contributed by atoms with van der Waals surface area (Å²) in [6.45, 7) is 2.15. The van der Waals surface area contributed by atoms with Crippen molar-refractivity contribution in [3.8, 4) is 11.5 Å². The van der Waals surface area contributed by atoms with Crippen molar-refractivity contribution < 1.29 is 9.47 Å². The number of benzene rings is 2. The SMILES string of the molecule is CCC(c1ccc(N)c(OC)c1)c1ccc(N)c(OC)c1. The number of hydrogen-bond donors (Lipinski definition) is 2. The highest BCUT2D eigenvalue weighted by atomic mass is 16.5. The van der Waals surface area contributed by atoms with Crippen molar-refractivity contribution in [2.45, 2.75) is 19.3 Å². The molecule has 0 saturated heterocycles. The van der Waals surface area contributed by atoms with E-state index in [2.05, 4.69) is 6.92 Å². The van der Waals surface area contributed by atoms with Gasteiger partial charge in [0.15, 0.2) is 0 Å². The number of anilines is 2. The Labute approximate surface area is 125 Å². The molecule has 0 bridgehead atoms. The molecular formula is C17H22N2O2. The fourth-order valence-electron chi connectivity index (χ4n) is 2.55. The molecule has 0 radical (unpaired) electrons. The summed E-state index contributed by atoms with van der Waals surface area (Å²) in [5, 5.41) is 0. The molecule has 0 atom stereocenters. The Kier molecular flexibility index (Phi) is 4.58. The van der Waals surface area contributed by atoms with Crippen molar-refractivity contribution in [1.82, 2.24) is 0 Å². The van der Waals surface area contributed by atoms with E-state index in [-0.39, 0.29) is 5.92 Å². The molecule has 4 N–H and O–H groups in total. The average molecular weight is 286 g/mol. The van der Waals surface area contributed by atoms with Gasteiger partial charge in [0.2, 0.25) is 0 Å². The van der Waals surface area contributed by atoms with Gasteiger partial charge in [0, 0.05) is 5.92 Å². The van der Waals surface area contributed by atoms with E-state index < -0.39 is 0 Å². The third-order valence-electron chi connectivity index (χ3n) is 3.73. The van der Waals surface area contributed by atoms with Gasteiger partial charge in [-0.1, -0.05) is 19.1 Å². The highest BCUT2D eigenvalue weighted by molar-refractivity contribution is 5.58. The zero-order valence-corrected chi connectivity index (χ0v) is 12.7. The molecule has 21 heavy (non-hydrogen) atoms. The Morgan fingerprint density at radius 2 is 1.29 bits per heavy atom. The van der Waals surface area contributed by atoms with Gasteiger partial charge < -0.3 is 20.9 Å². The Morgan fingerprint density at radius 1 is 0.857 bits per heavy atom. The Hall–Kier alpha value is -2.36. The molecule has 0 aliphatic rings. The zero-order chi connectivity index (χ0) is 15.4. The lowest BCUT2D eigenvalue weighted by molar-refractivity contribution is 0.415. The van der Waals surface area contributed by atoms with Crippen LogP contribution >= 0.6 is 0 Å². The van der Waals surface area contributed by atoms with Gasteiger partial charge in [-0.15, -0.1) is 0 Å². The highest BCUT2D eigenvalue weighted by Crippen LogP contribution is 2.35. The molecule has 0 spiro atoms. The summed E-state index contributed by atoms with van der Waals surface area (Å²) >= 11 is 0. The van der Waals surface area contributed by atoms with Crippen molar-refractivity contribution in [2.75, 3.05) is 25.7 Å². The first-order chi connectivity index (χ1) is 10.1. The summed E-state index contributed by atoms with van der Waals surface area (Å²) < 4.78 is 10.6. The van der Waals surface area contributed by atoms with Crippen LogP contribution in [0.1, 0.15) is 30.4 Å². The first kappa shape index (κ1) is 15.0. The molecule has 0 fully saturated rings. The van der Waals surface area contributed by atoms with E-state index in [0.29, 0.717) is 22.9 Å². The second-order valence-corrected chi connectivity index (χ2v) is 4.96. The Morgan fingerprint density at radius 3 is 1.62 bits per heavy atom. The predicted octanol–water partition coefficient (Wildman–Crippen LogP) is 3.41. The minimum absolute atomic E-state index is 0.244. The van der Waals surface area contributed by atoms with Gasteiger partial charge in [-0.05, 0) is 41.8 Å². The second-order valence-electron chi connectivity index (χ2n) is 4.96. The van der Waals surface area contributed by atoms with Gasteiger partial charge in [-0.3, -0.25) is 0 Å². The molecule has 0 aliphatic carbocycles. The van der Waals surface area contributed by atoms with Gasteiger partial charge in [-0.2, -0.15) is 0 Å². The quantitative estimate of drug-likeness (QED) is 0.826. The summed E-state index contributed by atoms with van der Waals surface area (Å²) in [6.07, 6.45) is 0.958. The van der Waals surface area contributed by atoms with Crippen molar-refractivity contribution in [3.05, 3.63) is 47.5 Å². The number of ether oxygens (including phenoxy) is 2. The van der Waals surface area contributed by atoms with E-state index in [1.165, 1.54) is 0 Å². The highest BCUT2D eigenvalue weighted by Gasteiger charge is 2.15. The van der Waals surface area contributed by atoms with Crippen LogP contribution in [0.3, 0.4) is 0 Å². The predicted molar refractivity (Wildman–Crippen MR) is 86.9 cm³/mol. The maximum Gasteiger partial charge on any atom is 0.142 e. The lowest BCUT2D eigenvalue weighted by Crippen LogP contribution is -2.03. The molecule has 0 aliphatic heterocycles. The molecule has 0 heterocycles. The summed E-state index contributed by atoms with van der Waals surface area (Å²) in [5.74, 6) is 1.65. The topological polar surface area (TPSA) is 70.5 Å². The average Bonchev–Trinajstić information content (AvgIpc) is 2.51. The molecule has 0 amide bonds. The van der Waals surface area contributed by atoms with Crippen molar-refractivity contribution >= 4 is 11.4 Å². The largest absolute Gasteiger partial charge is 0.495 e. The molecule has 4 nitrogen and oxygen atoms in total. The fourth-order valence-corrected chi connectivity index (χ4v) is 2.55. The van der Waals surface area contributed by atoms with Crippen molar-refractivity contribution in [3.63, 3.8) is 0 Å². The van der Waals surface area contributed by atoms with E-state index >= 15 is 0 Å². The number of rotatable bonds is 5. The van der Waals surface area contributed by atoms with Gasteiger partial charge in [0.1, 0.15) is 11.5 Å². The Balaban J connectivity index is 2.44. The van der Waals surface area contributed by atoms with Gasteiger partial charge in [0.25, 0.3) is 0 Å². The van der Waals surface area contributed by atoms with E-state index in [9.17, 15) is 0 Å². The van der Waals surface area contributed by atoms with Gasteiger partial charge in [0.05, 0.1) is 25.6 Å². The first-order valence-corrected chi connectivity index (χ1v) is 6.97. The molecule has 2 aromatic carbocycles. The van der Waals surface area contributed by atoms with Crippen molar-refractivity contribution in [1.29, 1.82) is 0 Å². The van der Waals surface area contributed by atoms with Crippen LogP contribution in [-0.4, -0.2) is 14.2 Å². The van der Waals surface area contributed by atoms with Crippen LogP contribution in [0.5, 0.6) is 11.5 Å². The summed E-state index contributed by atoms with van der Waals surface area (Å²) in [4.78, 5) is 0. The lowest BCUT2D eigenvalue weighted by atomic mass is 9.88. The molecule has 2 rings (SSSR count). The molecule has 0 saturated carbocycles. The third-order valence-corrected chi connectivity index (χ3v) is 3.73. The zero-order valence-electron chi connectivity index (χ0n) is 12.7. The lowest BCUT2D eigenvalue weighted by Gasteiger charge is -2.19. The number of nitrogens with two attached hydrogens (primary N) is 2. The maximum atomic E-state index is 5.88. The minimum atomic E-state index is 0.244. The molecule has 0 unspecified atom stereocenters. The summed E-state index contributed by atoms with van der Waals surface area (Å²) in [6, 6.07) is 11.8. The molecule has 112 valence electrons. The van der Waals surface area contributed by atoms with Crippen molar-refractivity contribution in [2.24, 2.45) is 0 Å². The van der Waals surface area contributed by atoms with E-state index in [1.807, 2.05) is 36.4 Å². The fraction of sp³-hybridized carbons (Fsp3) is 0.294. The van der Waals surface area contributed by atoms with Gasteiger partial charge >= 0.3 is 0 Å².